The summed E-state index contributed by atoms with van der Waals surface area (Å²) < 4.78 is 15.0. The van der Waals surface area contributed by atoms with Gasteiger partial charge in [-0.2, -0.15) is 4.98 Å². The number of phenolic OH excluding ortho intramolecular Hbond substituents is 1. The number of halogens is 1. The second kappa shape index (κ2) is 8.19. The zero-order chi connectivity index (χ0) is 22.9. The summed E-state index contributed by atoms with van der Waals surface area (Å²) in [4.78, 5) is 22.0. The SMILES string of the molecule is CC1=C(C(=O)Nc2cccnc2)C(c2cccc(O)c2)n2nc(-c3ccc(F)cc3)nc2N1. The molecule has 2 aromatic carbocycles. The third-order valence-corrected chi connectivity index (χ3v) is 5.30. The maximum Gasteiger partial charge on any atom is 0.255 e. The number of fused-ring (bicyclic) bond motifs is 1. The van der Waals surface area contributed by atoms with Crippen molar-refractivity contribution in [1.82, 2.24) is 19.7 Å². The second-order valence-corrected chi connectivity index (χ2v) is 7.57. The molecule has 0 aliphatic carbocycles. The number of aromatic hydroxyl groups is 1. The van der Waals surface area contributed by atoms with Gasteiger partial charge in [0.15, 0.2) is 5.82 Å². The molecule has 0 saturated carbocycles. The highest BCUT2D eigenvalue weighted by Gasteiger charge is 2.34. The maximum atomic E-state index is 13.4. The van der Waals surface area contributed by atoms with Gasteiger partial charge in [0.25, 0.3) is 5.91 Å². The van der Waals surface area contributed by atoms with E-state index in [-0.39, 0.29) is 17.5 Å². The normalized spacial score (nSPS) is 15.0. The van der Waals surface area contributed by atoms with E-state index >= 15 is 0 Å². The van der Waals surface area contributed by atoms with Gasteiger partial charge in [0.2, 0.25) is 5.95 Å². The third kappa shape index (κ3) is 3.91. The van der Waals surface area contributed by atoms with Crippen LogP contribution in [0.1, 0.15) is 18.5 Å². The van der Waals surface area contributed by atoms with Gasteiger partial charge in [-0.3, -0.25) is 9.78 Å². The Morgan fingerprint density at radius 2 is 1.97 bits per heavy atom. The molecule has 0 radical (unpaired) electrons. The Labute approximate surface area is 188 Å². The molecule has 164 valence electrons. The zero-order valence-corrected chi connectivity index (χ0v) is 17.5. The molecule has 2 aromatic heterocycles. The number of nitrogens with zero attached hydrogens (tertiary/aromatic N) is 4. The van der Waals surface area contributed by atoms with E-state index < -0.39 is 6.04 Å². The van der Waals surface area contributed by atoms with Gasteiger partial charge in [-0.05, 0) is 61.0 Å². The monoisotopic (exact) mass is 442 g/mol. The molecular weight excluding hydrogens is 423 g/mol. The third-order valence-electron chi connectivity index (χ3n) is 5.30. The van der Waals surface area contributed by atoms with E-state index in [1.165, 1.54) is 12.1 Å². The number of rotatable bonds is 4. The number of phenols is 1. The van der Waals surface area contributed by atoms with E-state index in [2.05, 4.69) is 25.7 Å². The van der Waals surface area contributed by atoms with Crippen molar-refractivity contribution in [1.29, 1.82) is 0 Å². The maximum absolute atomic E-state index is 13.4. The molecule has 3 N–H and O–H groups in total. The molecule has 9 heteroatoms. The molecule has 4 aromatic rings. The fourth-order valence-electron chi connectivity index (χ4n) is 3.80. The van der Waals surface area contributed by atoms with E-state index in [0.717, 1.165) is 0 Å². The summed E-state index contributed by atoms with van der Waals surface area (Å²) in [5.41, 5.74) is 2.84. The van der Waals surface area contributed by atoms with Gasteiger partial charge >= 0.3 is 0 Å². The minimum Gasteiger partial charge on any atom is -0.508 e. The van der Waals surface area contributed by atoms with Crippen molar-refractivity contribution in [2.45, 2.75) is 13.0 Å². The number of hydrogen-bond acceptors (Lipinski definition) is 6. The van der Waals surface area contributed by atoms with Gasteiger partial charge in [-0.25, -0.2) is 9.07 Å². The lowest BCUT2D eigenvalue weighted by Gasteiger charge is -2.28. The molecule has 3 heterocycles. The van der Waals surface area contributed by atoms with Crippen LogP contribution in [0.2, 0.25) is 0 Å². The number of benzene rings is 2. The average molecular weight is 442 g/mol. The number of aromatic nitrogens is 4. The van der Waals surface area contributed by atoms with E-state index in [1.807, 2.05) is 6.07 Å². The Balaban J connectivity index is 1.61. The molecule has 1 atom stereocenters. The highest BCUT2D eigenvalue weighted by atomic mass is 19.1. The van der Waals surface area contributed by atoms with E-state index in [1.54, 1.807) is 66.5 Å². The van der Waals surface area contributed by atoms with Crippen molar-refractivity contribution in [3.8, 4) is 17.1 Å². The molecule has 33 heavy (non-hydrogen) atoms. The van der Waals surface area contributed by atoms with Crippen molar-refractivity contribution in [3.05, 3.63) is 95.7 Å². The topological polar surface area (TPSA) is 105 Å². The first-order valence-electron chi connectivity index (χ1n) is 10.2. The lowest BCUT2D eigenvalue weighted by molar-refractivity contribution is -0.113. The highest BCUT2D eigenvalue weighted by molar-refractivity contribution is 6.06. The number of pyridine rings is 1. The van der Waals surface area contributed by atoms with Crippen LogP contribution in [0.5, 0.6) is 5.75 Å². The van der Waals surface area contributed by atoms with Gasteiger partial charge in [0, 0.05) is 17.5 Å². The quantitative estimate of drug-likeness (QED) is 0.439. The van der Waals surface area contributed by atoms with Gasteiger partial charge in [-0.1, -0.05) is 12.1 Å². The standard InChI is InChI=1S/C24H19FN6O2/c1-14-20(23(33)28-18-5-3-11-26-13-18)21(16-4-2-6-19(32)12-16)31-24(27-14)29-22(30-31)15-7-9-17(25)10-8-15/h2-13,21,32H,1H3,(H,28,33)(H,27,29,30). The predicted octanol–water partition coefficient (Wildman–Crippen LogP) is 4.11. The van der Waals surface area contributed by atoms with Crippen molar-refractivity contribution in [3.63, 3.8) is 0 Å². The number of hydrogen-bond donors (Lipinski definition) is 3. The summed E-state index contributed by atoms with van der Waals surface area (Å²) in [6, 6.07) is 15.3. The van der Waals surface area contributed by atoms with Crippen LogP contribution in [0.25, 0.3) is 11.4 Å². The predicted molar refractivity (Wildman–Crippen MR) is 121 cm³/mol. The molecule has 0 saturated heterocycles. The first-order chi connectivity index (χ1) is 16.0. The minimum atomic E-state index is -0.660. The molecule has 1 amide bonds. The summed E-state index contributed by atoms with van der Waals surface area (Å²) in [5.74, 6) is 0.176. The van der Waals surface area contributed by atoms with Crippen LogP contribution in [0.4, 0.5) is 16.0 Å². The average Bonchev–Trinajstić information content (AvgIpc) is 3.22. The van der Waals surface area contributed by atoms with E-state index in [9.17, 15) is 14.3 Å². The summed E-state index contributed by atoms with van der Waals surface area (Å²) in [7, 11) is 0. The Kier molecular flexibility index (Phi) is 5.06. The molecular formula is C24H19FN6O2. The Bertz CT molecular complexity index is 1370. The zero-order valence-electron chi connectivity index (χ0n) is 17.5. The molecule has 0 spiro atoms. The number of anilines is 2. The molecule has 5 rings (SSSR count). The summed E-state index contributed by atoms with van der Waals surface area (Å²) in [6.45, 7) is 1.78. The number of nitrogens with one attached hydrogen (secondary N) is 2. The van der Waals surface area contributed by atoms with Crippen molar-refractivity contribution in [2.24, 2.45) is 0 Å². The van der Waals surface area contributed by atoms with E-state index in [4.69, 9.17) is 0 Å². The van der Waals surface area contributed by atoms with Gasteiger partial charge < -0.3 is 15.7 Å². The lowest BCUT2D eigenvalue weighted by Crippen LogP contribution is -2.31. The van der Waals surface area contributed by atoms with Crippen LogP contribution in [-0.2, 0) is 4.79 Å². The van der Waals surface area contributed by atoms with Crippen LogP contribution in [0, 0.1) is 5.82 Å². The molecule has 8 nitrogen and oxygen atoms in total. The minimum absolute atomic E-state index is 0.0659. The summed E-state index contributed by atoms with van der Waals surface area (Å²) >= 11 is 0. The van der Waals surface area contributed by atoms with Crippen molar-refractivity contribution in [2.75, 3.05) is 10.6 Å². The molecule has 1 unspecified atom stereocenters. The largest absolute Gasteiger partial charge is 0.508 e. The summed E-state index contributed by atoms with van der Waals surface area (Å²) in [5, 5.41) is 20.7. The van der Waals surface area contributed by atoms with E-state index in [0.29, 0.717) is 39.9 Å². The Morgan fingerprint density at radius 1 is 1.15 bits per heavy atom. The van der Waals surface area contributed by atoms with Gasteiger partial charge in [0.1, 0.15) is 17.6 Å². The van der Waals surface area contributed by atoms with Crippen molar-refractivity contribution >= 4 is 17.5 Å². The fourth-order valence-corrected chi connectivity index (χ4v) is 3.80. The molecule has 1 aliphatic rings. The molecule has 0 bridgehead atoms. The van der Waals surface area contributed by atoms with Crippen LogP contribution < -0.4 is 10.6 Å². The lowest BCUT2D eigenvalue weighted by atomic mass is 9.95. The summed E-state index contributed by atoms with van der Waals surface area (Å²) in [6.07, 6.45) is 3.18. The van der Waals surface area contributed by atoms with Gasteiger partial charge in [-0.15, -0.1) is 5.10 Å². The van der Waals surface area contributed by atoms with Crippen LogP contribution in [-0.4, -0.2) is 30.8 Å². The first-order valence-corrected chi connectivity index (χ1v) is 10.2. The number of carbonyl (C=O) groups excluding carboxylic acids is 1. The number of allylic oxidation sites excluding steroid dienone is 1. The number of carbonyl (C=O) groups is 1. The highest BCUT2D eigenvalue weighted by Crippen LogP contribution is 2.37. The fraction of sp³-hybridized carbons (Fsp3) is 0.0833. The van der Waals surface area contributed by atoms with Crippen LogP contribution in [0.15, 0.2) is 84.3 Å². The molecule has 1 aliphatic heterocycles. The van der Waals surface area contributed by atoms with Crippen molar-refractivity contribution < 1.29 is 14.3 Å². The smallest absolute Gasteiger partial charge is 0.255 e. The van der Waals surface area contributed by atoms with Crippen LogP contribution >= 0.6 is 0 Å². The second-order valence-electron chi connectivity index (χ2n) is 7.57. The number of amides is 1. The van der Waals surface area contributed by atoms with Gasteiger partial charge in [0.05, 0.1) is 17.5 Å². The molecule has 0 fully saturated rings. The first kappa shape index (κ1) is 20.4. The Morgan fingerprint density at radius 3 is 2.70 bits per heavy atom. The Hall–Kier alpha value is -4.53. The van der Waals surface area contributed by atoms with Crippen LogP contribution in [0.3, 0.4) is 0 Å².